The first-order chi connectivity index (χ1) is 14.1. The largest absolute Gasteiger partial charge is 0.366 e. The highest BCUT2D eigenvalue weighted by Crippen LogP contribution is 2.29. The molecule has 148 valence electrons. The van der Waals surface area contributed by atoms with E-state index in [-0.39, 0.29) is 30.6 Å². The second-order valence-corrected chi connectivity index (χ2v) is 7.30. The number of benzene rings is 2. The van der Waals surface area contributed by atoms with Gasteiger partial charge in [-0.2, -0.15) is 5.26 Å². The van der Waals surface area contributed by atoms with E-state index in [4.69, 9.17) is 0 Å². The number of nitriles is 1. The summed E-state index contributed by atoms with van der Waals surface area (Å²) in [5.74, 6) is -0.880. The van der Waals surface area contributed by atoms with E-state index in [9.17, 15) is 19.2 Å². The molecule has 2 aromatic rings. The Kier molecular flexibility index (Phi) is 5.17. The second-order valence-electron chi connectivity index (χ2n) is 7.30. The van der Waals surface area contributed by atoms with Gasteiger partial charge in [-0.15, -0.1) is 0 Å². The molecule has 7 heteroatoms. The fourth-order valence-electron chi connectivity index (χ4n) is 4.04. The molecular formula is C22H21FN4O2. The predicted molar refractivity (Wildman–Crippen MR) is 107 cm³/mol. The number of carbonyl (C=O) groups is 2. The lowest BCUT2D eigenvalue weighted by Crippen LogP contribution is -2.51. The van der Waals surface area contributed by atoms with Gasteiger partial charge < -0.3 is 14.7 Å². The van der Waals surface area contributed by atoms with Gasteiger partial charge in [-0.3, -0.25) is 9.59 Å². The maximum atomic E-state index is 14.0. The highest BCUT2D eigenvalue weighted by Gasteiger charge is 2.38. The summed E-state index contributed by atoms with van der Waals surface area (Å²) in [5, 5.41) is 9.29. The number of para-hydroxylation sites is 2. The third kappa shape index (κ3) is 3.66. The molecule has 1 atom stereocenters. The number of nitrogens with zero attached hydrogens (tertiary/aromatic N) is 4. The smallest absolute Gasteiger partial charge is 0.228 e. The topological polar surface area (TPSA) is 67.7 Å². The van der Waals surface area contributed by atoms with E-state index in [1.54, 1.807) is 47.4 Å². The van der Waals surface area contributed by atoms with Gasteiger partial charge in [0.15, 0.2) is 0 Å². The zero-order valence-electron chi connectivity index (χ0n) is 15.9. The van der Waals surface area contributed by atoms with Crippen molar-refractivity contribution >= 4 is 23.2 Å². The molecule has 2 aliphatic heterocycles. The number of hydrogen-bond acceptors (Lipinski definition) is 4. The molecule has 0 spiro atoms. The third-order valence-corrected chi connectivity index (χ3v) is 5.57. The lowest BCUT2D eigenvalue weighted by atomic mass is 10.1. The summed E-state index contributed by atoms with van der Waals surface area (Å²) in [6.07, 6.45) is 0.145. The second kappa shape index (κ2) is 7.92. The van der Waals surface area contributed by atoms with Gasteiger partial charge in [0.2, 0.25) is 11.8 Å². The normalized spacial score (nSPS) is 19.4. The standard InChI is InChI=1S/C22H21FN4O2/c23-18-6-2-4-8-20(18)25-9-11-26(12-10-25)22(29)17-13-21(28)27(15-17)19-7-3-1-5-16(19)14-24/h1-8,17H,9-13,15H2. The summed E-state index contributed by atoms with van der Waals surface area (Å²) < 4.78 is 14.0. The molecule has 1 unspecified atom stereocenters. The minimum Gasteiger partial charge on any atom is -0.366 e. The van der Waals surface area contributed by atoms with E-state index >= 15 is 0 Å². The average molecular weight is 392 g/mol. The molecule has 0 bridgehead atoms. The molecule has 2 fully saturated rings. The van der Waals surface area contributed by atoms with Crippen LogP contribution in [0.5, 0.6) is 0 Å². The van der Waals surface area contributed by atoms with Gasteiger partial charge in [-0.25, -0.2) is 4.39 Å². The summed E-state index contributed by atoms with van der Waals surface area (Å²) in [6.45, 7) is 2.37. The van der Waals surface area contributed by atoms with E-state index in [0.29, 0.717) is 43.1 Å². The Morgan fingerprint density at radius 2 is 1.66 bits per heavy atom. The van der Waals surface area contributed by atoms with Gasteiger partial charge in [-0.1, -0.05) is 24.3 Å². The first kappa shape index (κ1) is 18.9. The van der Waals surface area contributed by atoms with Crippen molar-refractivity contribution in [1.82, 2.24) is 4.90 Å². The molecule has 0 saturated carbocycles. The first-order valence-corrected chi connectivity index (χ1v) is 9.66. The van der Waals surface area contributed by atoms with Gasteiger partial charge >= 0.3 is 0 Å². The molecule has 29 heavy (non-hydrogen) atoms. The van der Waals surface area contributed by atoms with Gasteiger partial charge in [0.25, 0.3) is 0 Å². The molecule has 0 aromatic heterocycles. The number of anilines is 2. The maximum Gasteiger partial charge on any atom is 0.228 e. The maximum absolute atomic E-state index is 14.0. The van der Waals surface area contributed by atoms with Crippen LogP contribution in [-0.4, -0.2) is 49.4 Å². The van der Waals surface area contributed by atoms with E-state index in [2.05, 4.69) is 6.07 Å². The van der Waals surface area contributed by atoms with Gasteiger partial charge in [0.1, 0.15) is 11.9 Å². The van der Waals surface area contributed by atoms with Crippen molar-refractivity contribution in [3.05, 3.63) is 59.9 Å². The highest BCUT2D eigenvalue weighted by molar-refractivity contribution is 6.01. The van der Waals surface area contributed by atoms with Crippen LogP contribution >= 0.6 is 0 Å². The monoisotopic (exact) mass is 392 g/mol. The Bertz CT molecular complexity index is 979. The van der Waals surface area contributed by atoms with Crippen LogP contribution in [0.2, 0.25) is 0 Å². The van der Waals surface area contributed by atoms with Crippen LogP contribution in [0.25, 0.3) is 0 Å². The first-order valence-electron chi connectivity index (χ1n) is 9.66. The van der Waals surface area contributed by atoms with Crippen molar-refractivity contribution in [2.45, 2.75) is 6.42 Å². The highest BCUT2D eigenvalue weighted by atomic mass is 19.1. The number of piperazine rings is 1. The molecular weight excluding hydrogens is 371 g/mol. The SMILES string of the molecule is N#Cc1ccccc1N1CC(C(=O)N2CCN(c3ccccc3F)CC2)CC1=O. The summed E-state index contributed by atoms with van der Waals surface area (Å²) in [4.78, 5) is 30.7. The van der Waals surface area contributed by atoms with Gasteiger partial charge in [0, 0.05) is 39.1 Å². The van der Waals surface area contributed by atoms with E-state index in [1.807, 2.05) is 4.90 Å². The summed E-state index contributed by atoms with van der Waals surface area (Å²) >= 11 is 0. The number of carbonyl (C=O) groups excluding carboxylic acids is 2. The Morgan fingerprint density at radius 1 is 1.00 bits per heavy atom. The van der Waals surface area contributed by atoms with Crippen molar-refractivity contribution in [2.75, 3.05) is 42.5 Å². The Morgan fingerprint density at radius 3 is 2.34 bits per heavy atom. The van der Waals surface area contributed by atoms with E-state index in [1.165, 1.54) is 11.0 Å². The van der Waals surface area contributed by atoms with Crippen LogP contribution in [0.15, 0.2) is 48.5 Å². The minimum absolute atomic E-state index is 0.0523. The van der Waals surface area contributed by atoms with Gasteiger partial charge in [0.05, 0.1) is 22.9 Å². The summed E-state index contributed by atoms with van der Waals surface area (Å²) in [5.41, 5.74) is 1.53. The zero-order valence-corrected chi connectivity index (χ0v) is 15.9. The van der Waals surface area contributed by atoms with Crippen molar-refractivity contribution in [2.24, 2.45) is 5.92 Å². The predicted octanol–water partition coefficient (Wildman–Crippen LogP) is 2.40. The fourth-order valence-corrected chi connectivity index (χ4v) is 4.04. The van der Waals surface area contributed by atoms with E-state index in [0.717, 1.165) is 0 Å². The molecule has 4 rings (SSSR count). The van der Waals surface area contributed by atoms with Crippen LogP contribution in [0.1, 0.15) is 12.0 Å². The molecule has 0 aliphatic carbocycles. The van der Waals surface area contributed by atoms with Crippen LogP contribution in [0.3, 0.4) is 0 Å². The lowest BCUT2D eigenvalue weighted by molar-refractivity contribution is -0.136. The van der Waals surface area contributed by atoms with Crippen LogP contribution in [0, 0.1) is 23.1 Å². The van der Waals surface area contributed by atoms with Gasteiger partial charge in [-0.05, 0) is 24.3 Å². The third-order valence-electron chi connectivity index (χ3n) is 5.57. The Labute approximate surface area is 168 Å². The van der Waals surface area contributed by atoms with Crippen molar-refractivity contribution < 1.29 is 14.0 Å². The Balaban J connectivity index is 1.41. The van der Waals surface area contributed by atoms with Crippen LogP contribution < -0.4 is 9.80 Å². The van der Waals surface area contributed by atoms with Crippen LogP contribution in [-0.2, 0) is 9.59 Å². The molecule has 0 N–H and O–H groups in total. The summed E-state index contributed by atoms with van der Waals surface area (Å²) in [7, 11) is 0. The number of halogens is 1. The number of rotatable bonds is 3. The van der Waals surface area contributed by atoms with E-state index < -0.39 is 5.92 Å². The number of amides is 2. The molecule has 0 radical (unpaired) electrons. The van der Waals surface area contributed by atoms with Crippen molar-refractivity contribution in [3.63, 3.8) is 0 Å². The van der Waals surface area contributed by atoms with Crippen molar-refractivity contribution in [1.29, 1.82) is 5.26 Å². The molecule has 2 heterocycles. The number of hydrogen-bond donors (Lipinski definition) is 0. The quantitative estimate of drug-likeness (QED) is 0.805. The summed E-state index contributed by atoms with van der Waals surface area (Å²) in [6, 6.07) is 15.7. The molecule has 2 aromatic carbocycles. The minimum atomic E-state index is -0.422. The fraction of sp³-hybridized carbons (Fsp3) is 0.318. The zero-order chi connectivity index (χ0) is 20.4. The Hall–Kier alpha value is -3.40. The molecule has 2 saturated heterocycles. The van der Waals surface area contributed by atoms with Crippen molar-refractivity contribution in [3.8, 4) is 6.07 Å². The molecule has 2 amide bonds. The molecule has 6 nitrogen and oxygen atoms in total. The van der Waals surface area contributed by atoms with Crippen LogP contribution in [0.4, 0.5) is 15.8 Å². The average Bonchev–Trinajstić information content (AvgIpc) is 3.15. The lowest BCUT2D eigenvalue weighted by Gasteiger charge is -2.37. The molecule has 2 aliphatic rings.